The number of carbonyl (C=O) groups is 1. The largest absolute Gasteiger partial charge is 0.399 e. The van der Waals surface area contributed by atoms with E-state index in [0.29, 0.717) is 16.9 Å². The molecule has 5 heteroatoms. The lowest BCUT2D eigenvalue weighted by Gasteiger charge is -2.04. The number of hydrogen-bond acceptors (Lipinski definition) is 3. The Morgan fingerprint density at radius 1 is 1.18 bits per heavy atom. The summed E-state index contributed by atoms with van der Waals surface area (Å²) in [6, 6.07) is 9.12. The van der Waals surface area contributed by atoms with Crippen LogP contribution in [0.25, 0.3) is 0 Å². The van der Waals surface area contributed by atoms with E-state index in [0.717, 1.165) is 0 Å². The van der Waals surface area contributed by atoms with Crippen LogP contribution >= 0.6 is 0 Å². The third-order valence-corrected chi connectivity index (χ3v) is 2.16. The molecule has 0 unspecified atom stereocenters. The number of nitrogens with zero attached hydrogens (tertiary/aromatic N) is 1. The van der Waals surface area contributed by atoms with Crippen molar-refractivity contribution in [2.24, 2.45) is 0 Å². The van der Waals surface area contributed by atoms with Crippen LogP contribution in [0.2, 0.25) is 0 Å². The second-order valence-electron chi connectivity index (χ2n) is 3.45. The fraction of sp³-hybridized carbons (Fsp3) is 0. The molecule has 0 spiro atoms. The zero-order valence-corrected chi connectivity index (χ0v) is 8.85. The summed E-state index contributed by atoms with van der Waals surface area (Å²) in [5, 5.41) is 2.60. The maximum absolute atomic E-state index is 12.6. The Kier molecular flexibility index (Phi) is 3.00. The first-order chi connectivity index (χ1) is 8.15. The first-order valence-corrected chi connectivity index (χ1v) is 4.93. The molecule has 0 aliphatic heterocycles. The van der Waals surface area contributed by atoms with E-state index in [-0.39, 0.29) is 5.91 Å². The first kappa shape index (κ1) is 11.1. The molecule has 0 bridgehead atoms. The second-order valence-corrected chi connectivity index (χ2v) is 3.45. The Labute approximate surface area is 97.3 Å². The highest BCUT2D eigenvalue weighted by molar-refractivity contribution is 6.04. The van der Waals surface area contributed by atoms with Crippen molar-refractivity contribution in [2.75, 3.05) is 11.1 Å². The van der Waals surface area contributed by atoms with Crippen molar-refractivity contribution < 1.29 is 9.18 Å². The lowest BCUT2D eigenvalue weighted by Crippen LogP contribution is -2.12. The fourth-order valence-electron chi connectivity index (χ4n) is 1.29. The molecule has 0 atom stereocenters. The number of rotatable bonds is 2. The number of anilines is 2. The number of carbonyl (C=O) groups excluding carboxylic acids is 1. The first-order valence-electron chi connectivity index (χ1n) is 4.93. The zero-order valence-electron chi connectivity index (χ0n) is 8.85. The number of nitrogen functional groups attached to an aromatic ring is 1. The molecular weight excluding hydrogens is 221 g/mol. The topological polar surface area (TPSA) is 68.0 Å². The minimum atomic E-state index is -0.588. The van der Waals surface area contributed by atoms with Gasteiger partial charge in [-0.3, -0.25) is 4.79 Å². The van der Waals surface area contributed by atoms with Crippen molar-refractivity contribution in [3.05, 3.63) is 54.1 Å². The van der Waals surface area contributed by atoms with Crippen molar-refractivity contribution in [3.63, 3.8) is 0 Å². The van der Waals surface area contributed by atoms with Gasteiger partial charge in [0.15, 0.2) is 0 Å². The molecule has 17 heavy (non-hydrogen) atoms. The van der Waals surface area contributed by atoms with Crippen LogP contribution in [0.3, 0.4) is 0 Å². The molecule has 2 aromatic rings. The summed E-state index contributed by atoms with van der Waals surface area (Å²) in [7, 11) is 0. The zero-order chi connectivity index (χ0) is 12.3. The molecule has 0 radical (unpaired) electrons. The Morgan fingerprint density at radius 3 is 2.47 bits per heavy atom. The molecule has 1 aromatic carbocycles. The highest BCUT2D eigenvalue weighted by Gasteiger charge is 2.05. The van der Waals surface area contributed by atoms with E-state index in [1.807, 2.05) is 0 Å². The lowest BCUT2D eigenvalue weighted by atomic mass is 10.2. The molecule has 0 saturated carbocycles. The number of halogens is 1. The maximum atomic E-state index is 12.6. The highest BCUT2D eigenvalue weighted by Crippen LogP contribution is 2.10. The van der Waals surface area contributed by atoms with Crippen LogP contribution < -0.4 is 11.1 Å². The van der Waals surface area contributed by atoms with Gasteiger partial charge in [0.05, 0.1) is 11.9 Å². The van der Waals surface area contributed by atoms with Gasteiger partial charge in [-0.25, -0.2) is 4.98 Å². The number of hydrogen-bond donors (Lipinski definition) is 2. The third-order valence-electron chi connectivity index (χ3n) is 2.16. The molecule has 1 amide bonds. The van der Waals surface area contributed by atoms with Gasteiger partial charge in [0.2, 0.25) is 5.95 Å². The number of benzene rings is 1. The highest BCUT2D eigenvalue weighted by atomic mass is 19.1. The van der Waals surface area contributed by atoms with Gasteiger partial charge in [-0.15, -0.1) is 0 Å². The van der Waals surface area contributed by atoms with Crippen molar-refractivity contribution >= 4 is 17.3 Å². The van der Waals surface area contributed by atoms with Gasteiger partial charge in [-0.05, 0) is 36.4 Å². The Morgan fingerprint density at radius 2 is 1.88 bits per heavy atom. The molecule has 4 nitrogen and oxygen atoms in total. The number of nitrogens with two attached hydrogens (primary N) is 1. The molecular formula is C12H10FN3O. The molecule has 2 rings (SSSR count). The van der Waals surface area contributed by atoms with E-state index >= 15 is 0 Å². The van der Waals surface area contributed by atoms with Crippen LogP contribution in [0.5, 0.6) is 0 Å². The Hall–Kier alpha value is -2.43. The average Bonchev–Trinajstić information content (AvgIpc) is 2.33. The summed E-state index contributed by atoms with van der Waals surface area (Å²) in [6.07, 6.45) is 1.25. The molecule has 3 N–H and O–H groups in total. The van der Waals surface area contributed by atoms with Gasteiger partial charge >= 0.3 is 0 Å². The number of amides is 1. The summed E-state index contributed by atoms with van der Waals surface area (Å²) in [4.78, 5) is 15.2. The molecule has 0 aliphatic rings. The number of nitrogens with one attached hydrogen (secondary N) is 1. The normalized spacial score (nSPS) is 9.94. The summed E-state index contributed by atoms with van der Waals surface area (Å²) in [5.41, 5.74) is 7.01. The molecule has 1 aromatic heterocycles. The molecule has 0 fully saturated rings. The Balaban J connectivity index is 2.11. The summed E-state index contributed by atoms with van der Waals surface area (Å²) < 4.78 is 12.6. The predicted octanol–water partition coefficient (Wildman–Crippen LogP) is 2.06. The van der Waals surface area contributed by atoms with E-state index in [4.69, 9.17) is 5.73 Å². The second kappa shape index (κ2) is 4.61. The van der Waals surface area contributed by atoms with E-state index < -0.39 is 5.95 Å². The van der Waals surface area contributed by atoms with Crippen LogP contribution in [0.15, 0.2) is 42.6 Å². The van der Waals surface area contributed by atoms with Crippen LogP contribution in [0.1, 0.15) is 10.4 Å². The minimum absolute atomic E-state index is 0.293. The maximum Gasteiger partial charge on any atom is 0.255 e. The van der Waals surface area contributed by atoms with Gasteiger partial charge in [0.1, 0.15) is 0 Å². The van der Waals surface area contributed by atoms with Crippen molar-refractivity contribution in [3.8, 4) is 0 Å². The molecule has 1 heterocycles. The Bertz CT molecular complexity index is 522. The quantitative estimate of drug-likeness (QED) is 0.614. The summed E-state index contributed by atoms with van der Waals surface area (Å²) >= 11 is 0. The molecule has 0 saturated heterocycles. The monoisotopic (exact) mass is 231 g/mol. The minimum Gasteiger partial charge on any atom is -0.399 e. The van der Waals surface area contributed by atoms with Gasteiger partial charge in [0, 0.05) is 11.3 Å². The smallest absolute Gasteiger partial charge is 0.255 e. The lowest BCUT2D eigenvalue weighted by molar-refractivity contribution is 0.102. The van der Waals surface area contributed by atoms with E-state index in [1.54, 1.807) is 24.3 Å². The fourth-order valence-corrected chi connectivity index (χ4v) is 1.29. The van der Waals surface area contributed by atoms with Gasteiger partial charge in [0.25, 0.3) is 5.91 Å². The van der Waals surface area contributed by atoms with Gasteiger partial charge < -0.3 is 11.1 Å². The molecule has 86 valence electrons. The SMILES string of the molecule is Nc1ccc(C(=O)Nc2ccc(F)nc2)cc1. The number of aromatic nitrogens is 1. The summed E-state index contributed by atoms with van der Waals surface area (Å²) in [5.74, 6) is -0.881. The van der Waals surface area contributed by atoms with E-state index in [2.05, 4.69) is 10.3 Å². The van der Waals surface area contributed by atoms with Crippen LogP contribution in [0.4, 0.5) is 15.8 Å². The van der Waals surface area contributed by atoms with Crippen LogP contribution in [-0.4, -0.2) is 10.9 Å². The van der Waals surface area contributed by atoms with Crippen molar-refractivity contribution in [2.45, 2.75) is 0 Å². The van der Waals surface area contributed by atoms with Gasteiger partial charge in [-0.1, -0.05) is 0 Å². The van der Waals surface area contributed by atoms with Crippen LogP contribution in [-0.2, 0) is 0 Å². The number of pyridine rings is 1. The molecule has 0 aliphatic carbocycles. The van der Waals surface area contributed by atoms with Gasteiger partial charge in [-0.2, -0.15) is 4.39 Å². The average molecular weight is 231 g/mol. The van der Waals surface area contributed by atoms with Crippen molar-refractivity contribution in [1.82, 2.24) is 4.98 Å². The van der Waals surface area contributed by atoms with E-state index in [9.17, 15) is 9.18 Å². The van der Waals surface area contributed by atoms with E-state index in [1.165, 1.54) is 18.3 Å². The summed E-state index contributed by atoms with van der Waals surface area (Å²) in [6.45, 7) is 0. The van der Waals surface area contributed by atoms with Crippen LogP contribution in [0, 0.1) is 5.95 Å². The third kappa shape index (κ3) is 2.78. The predicted molar refractivity (Wildman–Crippen MR) is 63.0 cm³/mol. The van der Waals surface area contributed by atoms with Crippen molar-refractivity contribution in [1.29, 1.82) is 0 Å². The standard InChI is InChI=1S/C12H10FN3O/c13-11-6-5-10(7-15-11)16-12(17)8-1-3-9(14)4-2-8/h1-7H,14H2,(H,16,17).